The van der Waals surface area contributed by atoms with Crippen molar-refractivity contribution in [1.82, 2.24) is 0 Å². The number of hydrogen-bond donors (Lipinski definition) is 0. The average Bonchev–Trinajstić information content (AvgIpc) is 3.62. The van der Waals surface area contributed by atoms with Gasteiger partial charge in [-0.2, -0.15) is 0 Å². The van der Waals surface area contributed by atoms with Gasteiger partial charge < -0.3 is 9.80 Å². The zero-order valence-corrected chi connectivity index (χ0v) is 36.7. The molecule has 0 fully saturated rings. The smallest absolute Gasteiger partial charge is 0.264 e. The van der Waals surface area contributed by atoms with Crippen molar-refractivity contribution >= 4 is 121 Å². The normalized spacial score (nSPS) is 13.7. The molecular weight excluding hydrogens is 756 g/mol. The van der Waals surface area contributed by atoms with Gasteiger partial charge >= 0.3 is 0 Å². The Kier molecular flexibility index (Phi) is 7.68. The van der Waals surface area contributed by atoms with E-state index in [1.165, 1.54) is 120 Å². The molecule has 61 heavy (non-hydrogen) atoms. The minimum absolute atomic E-state index is 0.0155. The van der Waals surface area contributed by atoms with Crippen LogP contribution in [0.2, 0.25) is 0 Å². The molecule has 9 aromatic carbocycles. The Morgan fingerprint density at radius 2 is 0.934 bits per heavy atom. The maximum absolute atomic E-state index is 2.62. The summed E-state index contributed by atoms with van der Waals surface area (Å²) in [6, 6.07) is 60.5. The van der Waals surface area contributed by atoms with E-state index in [9.17, 15) is 0 Å². The highest BCUT2D eigenvalue weighted by Gasteiger charge is 2.45. The first-order valence-corrected chi connectivity index (χ1v) is 22.5. The van der Waals surface area contributed by atoms with E-state index in [2.05, 4.69) is 216 Å². The van der Waals surface area contributed by atoms with Gasteiger partial charge in [-0.15, -0.1) is 11.3 Å². The van der Waals surface area contributed by atoms with Crippen LogP contribution in [0.1, 0.15) is 58.2 Å². The molecule has 1 aromatic heterocycles. The largest absolute Gasteiger partial charge is 0.311 e. The predicted octanol–water partition coefficient (Wildman–Crippen LogP) is 14.5. The van der Waals surface area contributed by atoms with Gasteiger partial charge in [0.1, 0.15) is 0 Å². The number of benzene rings is 9. The molecule has 0 spiro atoms. The molecule has 2 nitrogen and oxygen atoms in total. The predicted molar refractivity (Wildman–Crippen MR) is 268 cm³/mol. The third kappa shape index (κ3) is 5.61. The second-order valence-corrected chi connectivity index (χ2v) is 20.7. The van der Waals surface area contributed by atoms with E-state index in [-0.39, 0.29) is 17.5 Å². The van der Waals surface area contributed by atoms with Crippen LogP contribution in [-0.2, 0) is 10.8 Å². The van der Waals surface area contributed by atoms with Crippen LogP contribution in [0.15, 0.2) is 158 Å². The molecule has 0 radical (unpaired) electrons. The number of thiophene rings is 1. The Morgan fingerprint density at radius 3 is 1.51 bits per heavy atom. The number of rotatable bonds is 2. The molecule has 0 saturated heterocycles. The molecule has 0 amide bonds. The zero-order valence-electron chi connectivity index (χ0n) is 35.9. The minimum Gasteiger partial charge on any atom is -0.311 e. The molecule has 4 heteroatoms. The van der Waals surface area contributed by atoms with Gasteiger partial charge in [0.05, 0.1) is 5.69 Å². The van der Waals surface area contributed by atoms with Crippen LogP contribution in [-0.4, -0.2) is 6.71 Å². The molecule has 0 N–H and O–H groups in total. The first-order chi connectivity index (χ1) is 29.4. The van der Waals surface area contributed by atoms with E-state index < -0.39 is 0 Å². The fraction of sp³-hybridized carbons (Fsp3) is 0.158. The van der Waals surface area contributed by atoms with E-state index in [0.717, 1.165) is 0 Å². The summed E-state index contributed by atoms with van der Waals surface area (Å²) in [5.74, 6) is 0. The van der Waals surface area contributed by atoms with Crippen molar-refractivity contribution in [2.75, 3.05) is 9.80 Å². The molecule has 0 unspecified atom stereocenters. The standard InChI is InChI=1S/C57H47BN2S/c1-34-24-50-53-51(25-34)60(46-21-17-40-27-36-13-9-11-15-38(36)29-42(40)31-46)54-47-32-43(56(2,3)4)19-23-52(47)61-55(54)58(53)48-22-18-44(57(5,6)7)33-49(48)59(50)45-20-16-39-26-35-12-8-10-14-37(35)28-41(39)30-45/h8-33H,1-7H3. The van der Waals surface area contributed by atoms with Gasteiger partial charge in [-0.1, -0.05) is 120 Å². The van der Waals surface area contributed by atoms with Crippen molar-refractivity contribution in [3.05, 3.63) is 174 Å². The molecule has 0 atom stereocenters. The van der Waals surface area contributed by atoms with Gasteiger partial charge in [0, 0.05) is 43.3 Å². The van der Waals surface area contributed by atoms with Gasteiger partial charge in [-0.3, -0.25) is 0 Å². The monoisotopic (exact) mass is 802 g/mol. The van der Waals surface area contributed by atoms with Crippen LogP contribution in [0.5, 0.6) is 0 Å². The molecule has 2 aliphatic rings. The summed E-state index contributed by atoms with van der Waals surface area (Å²) in [5, 5.41) is 11.4. The molecule has 3 heterocycles. The quantitative estimate of drug-likeness (QED) is 0.127. The maximum Gasteiger partial charge on any atom is 0.264 e. The van der Waals surface area contributed by atoms with Crippen LogP contribution in [0.3, 0.4) is 0 Å². The summed E-state index contributed by atoms with van der Waals surface area (Å²) in [5.41, 5.74) is 14.1. The second-order valence-electron chi connectivity index (χ2n) is 19.6. The van der Waals surface area contributed by atoms with Crippen LogP contribution >= 0.6 is 11.3 Å². The molecule has 0 saturated carbocycles. The molecule has 10 aromatic rings. The minimum atomic E-state index is -0.0159. The van der Waals surface area contributed by atoms with E-state index >= 15 is 0 Å². The molecule has 294 valence electrons. The highest BCUT2D eigenvalue weighted by Crippen LogP contribution is 2.50. The first-order valence-electron chi connectivity index (χ1n) is 21.7. The van der Waals surface area contributed by atoms with Crippen LogP contribution in [0.4, 0.5) is 34.1 Å². The second kappa shape index (κ2) is 12.8. The molecule has 2 aliphatic heterocycles. The SMILES string of the molecule is Cc1cc2c3c(c1)N(c1ccc4cc5ccccc5cc4c1)c1c(sc4ccc(C(C)(C)C)cc14)B3c1ccc(C(C)(C)C)cc1N2c1ccc2cc3ccccc3cc2c1. The Hall–Kier alpha value is -6.36. The van der Waals surface area contributed by atoms with Crippen LogP contribution in [0.25, 0.3) is 53.2 Å². The molecule has 0 bridgehead atoms. The Balaban J connectivity index is 1.17. The number of nitrogens with zero attached hydrogens (tertiary/aromatic N) is 2. The molecule has 12 rings (SSSR count). The highest BCUT2D eigenvalue weighted by molar-refractivity contribution is 7.33. The summed E-state index contributed by atoms with van der Waals surface area (Å²) in [7, 11) is 0. The van der Waals surface area contributed by atoms with Crippen molar-refractivity contribution < 1.29 is 0 Å². The lowest BCUT2D eigenvalue weighted by molar-refractivity contribution is 0.590. The van der Waals surface area contributed by atoms with Crippen molar-refractivity contribution in [3.8, 4) is 0 Å². The lowest BCUT2D eigenvalue weighted by atomic mass is 9.36. The van der Waals surface area contributed by atoms with Gasteiger partial charge in [0.25, 0.3) is 6.71 Å². The van der Waals surface area contributed by atoms with Gasteiger partial charge in [0.15, 0.2) is 0 Å². The van der Waals surface area contributed by atoms with Crippen molar-refractivity contribution in [2.24, 2.45) is 0 Å². The Bertz CT molecular complexity index is 3490. The van der Waals surface area contributed by atoms with Crippen molar-refractivity contribution in [1.29, 1.82) is 0 Å². The maximum atomic E-state index is 2.62. The van der Waals surface area contributed by atoms with Gasteiger partial charge in [-0.05, 0) is 167 Å². The number of anilines is 6. The average molecular weight is 803 g/mol. The summed E-state index contributed by atoms with van der Waals surface area (Å²) >= 11 is 1.98. The van der Waals surface area contributed by atoms with E-state index in [1.54, 1.807) is 0 Å². The summed E-state index contributed by atoms with van der Waals surface area (Å²) in [6.07, 6.45) is 0. The lowest BCUT2D eigenvalue weighted by Crippen LogP contribution is -2.60. The zero-order chi connectivity index (χ0) is 41.5. The molecular formula is C57H47BN2S. The fourth-order valence-electron chi connectivity index (χ4n) is 10.2. The molecule has 0 aliphatic carbocycles. The van der Waals surface area contributed by atoms with Crippen molar-refractivity contribution in [3.63, 3.8) is 0 Å². The first kappa shape index (κ1) is 36.5. The summed E-state index contributed by atoms with van der Waals surface area (Å²) in [6.45, 7) is 16.3. The Labute approximate surface area is 362 Å². The van der Waals surface area contributed by atoms with Gasteiger partial charge in [-0.25, -0.2) is 0 Å². The third-order valence-corrected chi connectivity index (χ3v) is 14.7. The van der Waals surface area contributed by atoms with Crippen molar-refractivity contribution in [2.45, 2.75) is 59.3 Å². The lowest BCUT2D eigenvalue weighted by Gasteiger charge is -2.44. The number of fused-ring (bicyclic) bond motifs is 10. The Morgan fingerprint density at radius 1 is 0.443 bits per heavy atom. The van der Waals surface area contributed by atoms with E-state index in [0.29, 0.717) is 0 Å². The number of hydrogen-bond acceptors (Lipinski definition) is 3. The van der Waals surface area contributed by atoms with Crippen LogP contribution in [0, 0.1) is 6.92 Å². The highest BCUT2D eigenvalue weighted by atomic mass is 32.1. The third-order valence-electron chi connectivity index (χ3n) is 13.4. The summed E-state index contributed by atoms with van der Waals surface area (Å²) in [4.78, 5) is 5.21. The summed E-state index contributed by atoms with van der Waals surface area (Å²) < 4.78 is 2.74. The van der Waals surface area contributed by atoms with E-state index in [1.807, 2.05) is 11.3 Å². The van der Waals surface area contributed by atoms with Crippen LogP contribution < -0.4 is 25.5 Å². The van der Waals surface area contributed by atoms with E-state index in [4.69, 9.17) is 0 Å². The topological polar surface area (TPSA) is 6.48 Å². The fourth-order valence-corrected chi connectivity index (χ4v) is 11.5. The number of aryl methyl sites for hydroxylation is 1. The van der Waals surface area contributed by atoms with Gasteiger partial charge in [0.2, 0.25) is 0 Å².